The van der Waals surface area contributed by atoms with E-state index >= 15 is 0 Å². The van der Waals surface area contributed by atoms with E-state index in [1.165, 1.54) is 5.56 Å². The molecule has 4 N–H and O–H groups in total. The van der Waals surface area contributed by atoms with Gasteiger partial charge in [0.25, 0.3) is 11.8 Å². The molecule has 1 aliphatic heterocycles. The van der Waals surface area contributed by atoms with Crippen molar-refractivity contribution in [1.29, 1.82) is 0 Å². The number of aryl methyl sites for hydroxylation is 2. The van der Waals surface area contributed by atoms with Crippen LogP contribution >= 0.6 is 0 Å². The van der Waals surface area contributed by atoms with E-state index in [0.29, 0.717) is 17.7 Å². The molecule has 3 aromatic carbocycles. The first-order valence-corrected chi connectivity index (χ1v) is 10.6. The molecule has 0 atom stereocenters. The number of benzene rings is 3. The van der Waals surface area contributed by atoms with E-state index in [0.717, 1.165) is 62.9 Å². The molecular weight excluding hydrogens is 388 g/mol. The SMILES string of the molecule is Cn1c2cc(CCCCN)ccc2c2c3c(c4c5ccccc5[nH]c4c21)C(=O)NC3=O. The second-order valence-corrected chi connectivity index (χ2v) is 8.33. The van der Waals surface area contributed by atoms with E-state index in [9.17, 15) is 9.59 Å². The van der Waals surface area contributed by atoms with Gasteiger partial charge < -0.3 is 15.3 Å². The van der Waals surface area contributed by atoms with Crippen LogP contribution in [-0.2, 0) is 13.5 Å². The Kier molecular flexibility index (Phi) is 3.76. The number of rotatable bonds is 4. The van der Waals surface area contributed by atoms with Gasteiger partial charge in [-0.3, -0.25) is 14.9 Å². The Morgan fingerprint density at radius 1 is 0.935 bits per heavy atom. The Morgan fingerprint density at radius 2 is 1.71 bits per heavy atom. The van der Waals surface area contributed by atoms with Gasteiger partial charge in [-0.2, -0.15) is 0 Å². The van der Waals surface area contributed by atoms with E-state index < -0.39 is 0 Å². The maximum atomic E-state index is 12.9. The average molecular weight is 410 g/mol. The number of hydrogen-bond acceptors (Lipinski definition) is 3. The second kappa shape index (κ2) is 6.43. The van der Waals surface area contributed by atoms with Crippen LogP contribution in [0.5, 0.6) is 0 Å². The average Bonchev–Trinajstić information content (AvgIpc) is 3.38. The molecule has 2 aromatic heterocycles. The highest BCUT2D eigenvalue weighted by Gasteiger charge is 2.35. The van der Waals surface area contributed by atoms with E-state index in [1.807, 2.05) is 31.3 Å². The molecule has 0 saturated heterocycles. The molecule has 6 rings (SSSR count). The van der Waals surface area contributed by atoms with Gasteiger partial charge >= 0.3 is 0 Å². The van der Waals surface area contributed by atoms with Gasteiger partial charge in [0.2, 0.25) is 0 Å². The highest BCUT2D eigenvalue weighted by Crippen LogP contribution is 2.43. The minimum atomic E-state index is -0.327. The Hall–Kier alpha value is -3.64. The largest absolute Gasteiger partial charge is 0.353 e. The van der Waals surface area contributed by atoms with Gasteiger partial charge in [-0.05, 0) is 43.5 Å². The van der Waals surface area contributed by atoms with E-state index in [-0.39, 0.29) is 11.8 Å². The molecule has 6 heteroatoms. The van der Waals surface area contributed by atoms with Crippen molar-refractivity contribution in [3.8, 4) is 0 Å². The molecule has 0 bridgehead atoms. The summed E-state index contributed by atoms with van der Waals surface area (Å²) in [6.07, 6.45) is 3.01. The molecule has 2 amide bonds. The molecule has 0 radical (unpaired) electrons. The maximum Gasteiger partial charge on any atom is 0.259 e. The minimum Gasteiger partial charge on any atom is -0.353 e. The van der Waals surface area contributed by atoms with Crippen LogP contribution < -0.4 is 11.1 Å². The number of amides is 2. The Morgan fingerprint density at radius 3 is 2.52 bits per heavy atom. The van der Waals surface area contributed by atoms with E-state index in [4.69, 9.17) is 5.73 Å². The highest BCUT2D eigenvalue weighted by atomic mass is 16.2. The Bertz CT molecular complexity index is 1570. The second-order valence-electron chi connectivity index (χ2n) is 8.33. The van der Waals surface area contributed by atoms with Crippen LogP contribution in [0.3, 0.4) is 0 Å². The molecule has 5 aromatic rings. The summed E-state index contributed by atoms with van der Waals surface area (Å²) >= 11 is 0. The molecular formula is C25H22N4O2. The number of aromatic amines is 1. The zero-order valence-corrected chi connectivity index (χ0v) is 17.2. The van der Waals surface area contributed by atoms with Crippen LogP contribution in [0.1, 0.15) is 39.1 Å². The van der Waals surface area contributed by atoms with Crippen molar-refractivity contribution >= 4 is 55.4 Å². The number of H-pyrrole nitrogens is 1. The molecule has 154 valence electrons. The lowest BCUT2D eigenvalue weighted by molar-refractivity contribution is 0.0880. The van der Waals surface area contributed by atoms with Crippen LogP contribution in [0.15, 0.2) is 42.5 Å². The van der Waals surface area contributed by atoms with Crippen LogP contribution in [0.4, 0.5) is 0 Å². The fraction of sp³-hybridized carbons (Fsp3) is 0.200. The fourth-order valence-electron chi connectivity index (χ4n) is 5.17. The summed E-state index contributed by atoms with van der Waals surface area (Å²) in [5.41, 5.74) is 11.7. The highest BCUT2D eigenvalue weighted by molar-refractivity contribution is 6.39. The minimum absolute atomic E-state index is 0.322. The van der Waals surface area contributed by atoms with Crippen molar-refractivity contribution in [3.63, 3.8) is 0 Å². The monoisotopic (exact) mass is 410 g/mol. The summed E-state index contributed by atoms with van der Waals surface area (Å²) in [7, 11) is 2.03. The summed E-state index contributed by atoms with van der Waals surface area (Å²) in [6.45, 7) is 0.698. The summed E-state index contributed by atoms with van der Waals surface area (Å²) < 4.78 is 2.14. The number of carbonyl (C=O) groups excluding carboxylic acids is 2. The lowest BCUT2D eigenvalue weighted by atomic mass is 9.96. The van der Waals surface area contributed by atoms with Crippen molar-refractivity contribution in [2.75, 3.05) is 6.54 Å². The number of hydrogen-bond donors (Lipinski definition) is 3. The normalized spacial score (nSPS) is 13.7. The molecule has 0 fully saturated rings. The number of imide groups is 1. The molecule has 0 aliphatic carbocycles. The number of fused-ring (bicyclic) bond motifs is 10. The lowest BCUT2D eigenvalue weighted by Gasteiger charge is -2.04. The quantitative estimate of drug-likeness (QED) is 0.307. The Labute approximate surface area is 178 Å². The molecule has 0 spiro atoms. The van der Waals surface area contributed by atoms with Gasteiger partial charge in [-0.15, -0.1) is 0 Å². The third-order valence-electron chi connectivity index (χ3n) is 6.56. The summed E-state index contributed by atoms with van der Waals surface area (Å²) in [5, 5.41) is 6.12. The van der Waals surface area contributed by atoms with E-state index in [2.05, 4.69) is 33.1 Å². The number of nitrogens with one attached hydrogen (secondary N) is 2. The Balaban J connectivity index is 1.78. The number of unbranched alkanes of at least 4 members (excludes halogenated alkanes) is 1. The first-order valence-electron chi connectivity index (χ1n) is 10.6. The summed E-state index contributed by atoms with van der Waals surface area (Å²) in [4.78, 5) is 29.3. The number of carbonyl (C=O) groups is 2. The molecule has 3 heterocycles. The smallest absolute Gasteiger partial charge is 0.259 e. The van der Waals surface area contributed by atoms with Crippen molar-refractivity contribution in [3.05, 3.63) is 59.2 Å². The number of nitrogens with zero attached hydrogens (tertiary/aromatic N) is 1. The third kappa shape index (κ3) is 2.36. The number of para-hydroxylation sites is 1. The fourth-order valence-corrected chi connectivity index (χ4v) is 5.17. The molecule has 0 saturated carbocycles. The number of aromatic nitrogens is 2. The predicted molar refractivity (Wildman–Crippen MR) is 124 cm³/mol. The molecule has 0 unspecified atom stereocenters. The van der Waals surface area contributed by atoms with Crippen molar-refractivity contribution in [2.24, 2.45) is 12.8 Å². The van der Waals surface area contributed by atoms with Gasteiger partial charge in [-0.25, -0.2) is 0 Å². The molecule has 1 aliphatic rings. The molecule has 31 heavy (non-hydrogen) atoms. The maximum absolute atomic E-state index is 12.9. The topological polar surface area (TPSA) is 92.9 Å². The van der Waals surface area contributed by atoms with Crippen LogP contribution in [-0.4, -0.2) is 27.9 Å². The van der Waals surface area contributed by atoms with E-state index in [1.54, 1.807) is 0 Å². The van der Waals surface area contributed by atoms with Crippen molar-refractivity contribution in [1.82, 2.24) is 14.9 Å². The summed E-state index contributed by atoms with van der Waals surface area (Å²) in [6, 6.07) is 14.3. The van der Waals surface area contributed by atoms with Gasteiger partial charge in [0.15, 0.2) is 0 Å². The zero-order valence-electron chi connectivity index (χ0n) is 17.2. The summed E-state index contributed by atoms with van der Waals surface area (Å²) in [5.74, 6) is -0.649. The van der Waals surface area contributed by atoms with Crippen LogP contribution in [0.2, 0.25) is 0 Å². The van der Waals surface area contributed by atoms with Crippen molar-refractivity contribution < 1.29 is 9.59 Å². The predicted octanol–water partition coefficient (Wildman–Crippen LogP) is 4.13. The third-order valence-corrected chi connectivity index (χ3v) is 6.56. The molecule has 6 nitrogen and oxygen atoms in total. The van der Waals surface area contributed by atoms with Crippen molar-refractivity contribution in [2.45, 2.75) is 19.3 Å². The van der Waals surface area contributed by atoms with Gasteiger partial charge in [0, 0.05) is 39.6 Å². The standard InChI is InChI=1S/C25H22N4O2/c1-29-17-12-13(6-4-5-11-26)9-10-15(17)19-21-20(24(30)28-25(21)31)18-14-7-2-3-8-16(14)27-22(18)23(19)29/h2-3,7-10,12,27H,4-6,11,26H2,1H3,(H,28,30,31). The van der Waals surface area contributed by atoms with Gasteiger partial charge in [0.1, 0.15) is 0 Å². The van der Waals surface area contributed by atoms with Crippen LogP contribution in [0.25, 0.3) is 43.6 Å². The number of nitrogens with two attached hydrogens (primary N) is 1. The van der Waals surface area contributed by atoms with Gasteiger partial charge in [-0.1, -0.05) is 30.3 Å². The van der Waals surface area contributed by atoms with Gasteiger partial charge in [0.05, 0.1) is 22.2 Å². The van der Waals surface area contributed by atoms with Crippen LogP contribution in [0, 0.1) is 0 Å². The first-order chi connectivity index (χ1) is 15.1. The zero-order chi connectivity index (χ0) is 21.3. The lowest BCUT2D eigenvalue weighted by Crippen LogP contribution is -2.20. The first kappa shape index (κ1) is 18.2.